The highest BCUT2D eigenvalue weighted by molar-refractivity contribution is 6.74. The topological polar surface area (TPSA) is 32.7 Å². The Morgan fingerprint density at radius 2 is 1.70 bits per heavy atom. The lowest BCUT2D eigenvalue weighted by Crippen LogP contribution is -2.41. The van der Waals surface area contributed by atoms with Gasteiger partial charge < -0.3 is 14.4 Å². The van der Waals surface area contributed by atoms with Crippen molar-refractivity contribution in [1.29, 1.82) is 0 Å². The van der Waals surface area contributed by atoms with Crippen LogP contribution in [-0.2, 0) is 10.8 Å². The lowest BCUT2D eigenvalue weighted by molar-refractivity contribution is 0.145. The average Bonchev–Trinajstić information content (AvgIpc) is 2.47. The first kappa shape index (κ1) is 18.5. The van der Waals surface area contributed by atoms with Gasteiger partial charge in [-0.15, -0.1) is 0 Å². The monoisotopic (exact) mass is 335 g/mol. The molecule has 1 aliphatic rings. The second-order valence-electron chi connectivity index (χ2n) is 8.24. The van der Waals surface area contributed by atoms with Crippen LogP contribution in [0.3, 0.4) is 0 Å². The van der Waals surface area contributed by atoms with E-state index >= 15 is 0 Å². The third kappa shape index (κ3) is 5.06. The summed E-state index contributed by atoms with van der Waals surface area (Å²) in [6.45, 7) is 14.2. The molecule has 0 radical (unpaired) electrons. The Morgan fingerprint density at radius 1 is 1.13 bits per heavy atom. The Morgan fingerprint density at radius 3 is 2.22 bits per heavy atom. The van der Waals surface area contributed by atoms with Crippen molar-refractivity contribution in [2.24, 2.45) is 0 Å². The molecule has 1 aromatic carbocycles. The van der Waals surface area contributed by atoms with Crippen LogP contribution in [0.25, 0.3) is 0 Å². The lowest BCUT2D eigenvalue weighted by atomic mass is 10.1. The summed E-state index contributed by atoms with van der Waals surface area (Å²) in [5, 5.41) is 9.87. The van der Waals surface area contributed by atoms with Crippen molar-refractivity contribution in [3.63, 3.8) is 0 Å². The van der Waals surface area contributed by atoms with E-state index in [4.69, 9.17) is 4.43 Å². The highest BCUT2D eigenvalue weighted by Crippen LogP contribution is 2.36. The van der Waals surface area contributed by atoms with Crippen LogP contribution in [-0.4, -0.2) is 39.2 Å². The molecule has 0 saturated carbocycles. The number of benzene rings is 1. The third-order valence-electron chi connectivity index (χ3n) is 5.43. The van der Waals surface area contributed by atoms with E-state index < -0.39 is 8.32 Å². The standard InChI is InChI=1S/C19H33NO2Si/c1-19(2,3)23(4,5)22-15-12-16-6-8-17(9-7-16)20-13-10-18(21)11-14-20/h6-9,18,21H,10-15H2,1-5H3. The van der Waals surface area contributed by atoms with Crippen LogP contribution in [0, 0.1) is 0 Å². The van der Waals surface area contributed by atoms with E-state index in [1.165, 1.54) is 11.3 Å². The molecule has 0 atom stereocenters. The van der Waals surface area contributed by atoms with Crippen LogP contribution in [0.2, 0.25) is 18.1 Å². The van der Waals surface area contributed by atoms with Crippen molar-refractivity contribution in [3.8, 4) is 0 Å². The van der Waals surface area contributed by atoms with Crippen molar-refractivity contribution in [2.75, 3.05) is 24.6 Å². The van der Waals surface area contributed by atoms with Gasteiger partial charge in [0.05, 0.1) is 6.10 Å². The van der Waals surface area contributed by atoms with E-state index in [9.17, 15) is 5.11 Å². The summed E-state index contributed by atoms with van der Waals surface area (Å²) in [5.41, 5.74) is 2.61. The highest BCUT2D eigenvalue weighted by atomic mass is 28.4. The third-order valence-corrected chi connectivity index (χ3v) is 9.96. The fraction of sp³-hybridized carbons (Fsp3) is 0.684. The molecule has 0 amide bonds. The Kier molecular flexibility index (Phi) is 5.92. The summed E-state index contributed by atoms with van der Waals surface area (Å²) < 4.78 is 6.26. The van der Waals surface area contributed by atoms with E-state index in [1.54, 1.807) is 0 Å². The first-order valence-electron chi connectivity index (χ1n) is 8.85. The van der Waals surface area contributed by atoms with Gasteiger partial charge in [-0.05, 0) is 55.1 Å². The predicted octanol–water partition coefficient (Wildman–Crippen LogP) is 4.21. The summed E-state index contributed by atoms with van der Waals surface area (Å²) in [6, 6.07) is 8.85. The van der Waals surface area contributed by atoms with Gasteiger partial charge in [0.2, 0.25) is 0 Å². The Hall–Kier alpha value is -0.843. The van der Waals surface area contributed by atoms with E-state index in [1.807, 2.05) is 0 Å². The van der Waals surface area contributed by atoms with Gasteiger partial charge in [0, 0.05) is 25.4 Å². The van der Waals surface area contributed by atoms with Gasteiger partial charge in [0.15, 0.2) is 8.32 Å². The van der Waals surface area contributed by atoms with Crippen LogP contribution in [0.4, 0.5) is 5.69 Å². The number of aliphatic hydroxyl groups excluding tert-OH is 1. The Labute approximate surface area is 142 Å². The summed E-state index contributed by atoms with van der Waals surface area (Å²) in [6.07, 6.45) is 2.62. The smallest absolute Gasteiger partial charge is 0.191 e. The molecule has 130 valence electrons. The van der Waals surface area contributed by atoms with Gasteiger partial charge in [-0.25, -0.2) is 0 Å². The molecule has 0 unspecified atom stereocenters. The molecule has 0 aromatic heterocycles. The van der Waals surface area contributed by atoms with E-state index in [0.29, 0.717) is 0 Å². The van der Waals surface area contributed by atoms with E-state index in [2.05, 4.69) is 63.0 Å². The van der Waals surface area contributed by atoms with E-state index in [-0.39, 0.29) is 11.1 Å². The number of aliphatic hydroxyl groups is 1. The molecule has 0 spiro atoms. The maximum Gasteiger partial charge on any atom is 0.191 e. The minimum Gasteiger partial charge on any atom is -0.416 e. The fourth-order valence-electron chi connectivity index (χ4n) is 2.64. The minimum absolute atomic E-state index is 0.113. The molecule has 4 heteroatoms. The zero-order valence-corrected chi connectivity index (χ0v) is 16.4. The lowest BCUT2D eigenvalue weighted by Gasteiger charge is -2.36. The first-order chi connectivity index (χ1) is 10.7. The number of rotatable bonds is 5. The summed E-state index contributed by atoms with van der Waals surface area (Å²) in [7, 11) is -1.63. The second kappa shape index (κ2) is 7.37. The molecular weight excluding hydrogens is 302 g/mol. The predicted molar refractivity (Wildman–Crippen MR) is 101 cm³/mol. The maximum absolute atomic E-state index is 9.60. The highest BCUT2D eigenvalue weighted by Gasteiger charge is 2.36. The number of nitrogens with zero attached hydrogens (tertiary/aromatic N) is 1. The first-order valence-corrected chi connectivity index (χ1v) is 11.8. The number of anilines is 1. The average molecular weight is 336 g/mol. The molecule has 1 heterocycles. The Balaban J connectivity index is 1.84. The summed E-state index contributed by atoms with van der Waals surface area (Å²) >= 11 is 0. The SMILES string of the molecule is CC(C)(C)[Si](C)(C)OCCc1ccc(N2CCC(O)CC2)cc1. The molecular formula is C19H33NO2Si. The largest absolute Gasteiger partial charge is 0.416 e. The second-order valence-corrected chi connectivity index (χ2v) is 13.1. The van der Waals surface area contributed by atoms with Gasteiger partial charge in [-0.1, -0.05) is 32.9 Å². The normalized spacial score (nSPS) is 17.6. The molecule has 23 heavy (non-hydrogen) atoms. The van der Waals surface area contributed by atoms with Crippen LogP contribution in [0.1, 0.15) is 39.2 Å². The van der Waals surface area contributed by atoms with Crippen molar-refractivity contribution in [2.45, 2.75) is 64.3 Å². The molecule has 1 aliphatic heterocycles. The zero-order valence-electron chi connectivity index (χ0n) is 15.4. The number of hydrogen-bond acceptors (Lipinski definition) is 3. The molecule has 3 nitrogen and oxygen atoms in total. The minimum atomic E-state index is -1.63. The summed E-state index contributed by atoms with van der Waals surface area (Å²) in [5.74, 6) is 0. The quantitative estimate of drug-likeness (QED) is 0.818. The maximum atomic E-state index is 9.60. The van der Waals surface area contributed by atoms with Gasteiger partial charge in [0.1, 0.15) is 0 Å². The van der Waals surface area contributed by atoms with Gasteiger partial charge >= 0.3 is 0 Å². The fourth-order valence-corrected chi connectivity index (χ4v) is 3.68. The van der Waals surface area contributed by atoms with E-state index in [0.717, 1.165) is 39.0 Å². The van der Waals surface area contributed by atoms with Crippen molar-refractivity contribution >= 4 is 14.0 Å². The molecule has 2 rings (SSSR count). The van der Waals surface area contributed by atoms with Gasteiger partial charge in [-0.3, -0.25) is 0 Å². The van der Waals surface area contributed by atoms with Gasteiger partial charge in [0.25, 0.3) is 0 Å². The molecule has 0 bridgehead atoms. The molecule has 1 saturated heterocycles. The van der Waals surface area contributed by atoms with Crippen LogP contribution >= 0.6 is 0 Å². The number of piperidine rings is 1. The summed E-state index contributed by atoms with van der Waals surface area (Å²) in [4.78, 5) is 2.36. The van der Waals surface area contributed by atoms with Crippen molar-refractivity contribution in [1.82, 2.24) is 0 Å². The van der Waals surface area contributed by atoms with Crippen molar-refractivity contribution in [3.05, 3.63) is 29.8 Å². The van der Waals surface area contributed by atoms with Crippen LogP contribution in [0.5, 0.6) is 0 Å². The van der Waals surface area contributed by atoms with Gasteiger partial charge in [-0.2, -0.15) is 0 Å². The molecule has 0 aliphatic carbocycles. The number of hydrogen-bond donors (Lipinski definition) is 1. The Bertz CT molecular complexity index is 485. The van der Waals surface area contributed by atoms with Crippen LogP contribution < -0.4 is 4.90 Å². The zero-order chi connectivity index (χ0) is 17.1. The molecule has 1 fully saturated rings. The molecule has 1 aromatic rings. The van der Waals surface area contributed by atoms with Crippen LogP contribution in [0.15, 0.2) is 24.3 Å². The molecule has 1 N–H and O–H groups in total. The van der Waals surface area contributed by atoms with Crippen molar-refractivity contribution < 1.29 is 9.53 Å².